The van der Waals surface area contributed by atoms with E-state index in [1.807, 2.05) is 22.6 Å². The Morgan fingerprint density at radius 2 is 2.50 bits per heavy atom. The van der Waals surface area contributed by atoms with Crippen molar-refractivity contribution in [1.29, 1.82) is 0 Å². The third kappa shape index (κ3) is 2.23. The lowest BCUT2D eigenvalue weighted by Crippen LogP contribution is -2.17. The Kier molecular flexibility index (Phi) is 3.01. The molecule has 1 N–H and O–H groups in total. The van der Waals surface area contributed by atoms with Gasteiger partial charge < -0.3 is 5.32 Å². The van der Waals surface area contributed by atoms with Crippen LogP contribution in [0.4, 0.5) is 5.69 Å². The van der Waals surface area contributed by atoms with Crippen LogP contribution in [0.2, 0.25) is 0 Å². The second kappa shape index (κ2) is 4.26. The van der Waals surface area contributed by atoms with Gasteiger partial charge in [-0.3, -0.25) is 4.68 Å². The molecule has 1 saturated heterocycles. The smallest absolute Gasteiger partial charge is 0.0729 e. The molecule has 2 rings (SSSR count). The lowest BCUT2D eigenvalue weighted by molar-refractivity contribution is 0.532. The highest BCUT2D eigenvalue weighted by Crippen LogP contribution is 2.21. The maximum atomic E-state index is 4.31. The Balaban J connectivity index is 1.95. The Labute approximate surface area is 89.3 Å². The molecule has 1 unspecified atom stereocenters. The first-order valence-electron chi connectivity index (χ1n) is 5.14. The molecule has 0 amide bonds. The molecule has 1 aliphatic rings. The van der Waals surface area contributed by atoms with E-state index in [1.165, 1.54) is 17.9 Å². The van der Waals surface area contributed by atoms with Crippen LogP contribution in [0.25, 0.3) is 0 Å². The first-order chi connectivity index (χ1) is 6.75. The predicted octanol–water partition coefficient (Wildman–Crippen LogP) is 2.38. The summed E-state index contributed by atoms with van der Waals surface area (Å²) in [5.74, 6) is 2.52. The van der Waals surface area contributed by atoms with Crippen LogP contribution < -0.4 is 5.32 Å². The van der Waals surface area contributed by atoms with Crippen LogP contribution in [0.15, 0.2) is 12.4 Å². The van der Waals surface area contributed by atoms with Gasteiger partial charge in [0.2, 0.25) is 0 Å². The van der Waals surface area contributed by atoms with Gasteiger partial charge in [-0.25, -0.2) is 0 Å². The molecule has 1 aromatic heterocycles. The van der Waals surface area contributed by atoms with Crippen LogP contribution >= 0.6 is 11.8 Å². The van der Waals surface area contributed by atoms with Gasteiger partial charge in [0.1, 0.15) is 0 Å². The third-order valence-corrected chi connectivity index (χ3v) is 3.59. The zero-order chi connectivity index (χ0) is 9.97. The van der Waals surface area contributed by atoms with E-state index in [9.17, 15) is 0 Å². The van der Waals surface area contributed by atoms with E-state index in [1.54, 1.807) is 0 Å². The van der Waals surface area contributed by atoms with E-state index in [0.29, 0.717) is 12.1 Å². The minimum absolute atomic E-state index is 0.448. The fraction of sp³-hybridized carbons (Fsp3) is 0.700. The quantitative estimate of drug-likeness (QED) is 0.832. The van der Waals surface area contributed by atoms with Gasteiger partial charge in [-0.05, 0) is 26.0 Å². The molecule has 1 fully saturated rings. The molecule has 1 atom stereocenters. The van der Waals surface area contributed by atoms with Gasteiger partial charge in [-0.15, -0.1) is 0 Å². The van der Waals surface area contributed by atoms with Gasteiger partial charge in [0.05, 0.1) is 11.9 Å². The van der Waals surface area contributed by atoms with Gasteiger partial charge in [0, 0.05) is 24.0 Å². The Morgan fingerprint density at radius 1 is 1.64 bits per heavy atom. The monoisotopic (exact) mass is 211 g/mol. The fourth-order valence-corrected chi connectivity index (χ4v) is 2.73. The summed E-state index contributed by atoms with van der Waals surface area (Å²) >= 11 is 2.02. The molecule has 0 aromatic carbocycles. The summed E-state index contributed by atoms with van der Waals surface area (Å²) in [6.45, 7) is 4.28. The predicted molar refractivity (Wildman–Crippen MR) is 62.0 cm³/mol. The van der Waals surface area contributed by atoms with Crippen LogP contribution in [-0.2, 0) is 0 Å². The van der Waals surface area contributed by atoms with Gasteiger partial charge in [-0.1, -0.05) is 0 Å². The van der Waals surface area contributed by atoms with Crippen LogP contribution in [0, 0.1) is 0 Å². The summed E-state index contributed by atoms with van der Waals surface area (Å²) in [7, 11) is 0. The van der Waals surface area contributed by atoms with Gasteiger partial charge in [0.25, 0.3) is 0 Å². The molecule has 0 bridgehead atoms. The summed E-state index contributed by atoms with van der Waals surface area (Å²) in [4.78, 5) is 0. The Morgan fingerprint density at radius 3 is 3.07 bits per heavy atom. The zero-order valence-electron chi connectivity index (χ0n) is 8.73. The van der Waals surface area contributed by atoms with E-state index in [2.05, 4.69) is 30.5 Å². The fourth-order valence-electron chi connectivity index (χ4n) is 1.58. The second-order valence-electron chi connectivity index (χ2n) is 4.01. The van der Waals surface area contributed by atoms with Crippen molar-refractivity contribution in [2.45, 2.75) is 32.4 Å². The lowest BCUT2D eigenvalue weighted by Gasteiger charge is -2.10. The molecule has 4 heteroatoms. The molecule has 0 radical (unpaired) electrons. The Hall–Kier alpha value is -0.640. The second-order valence-corrected chi connectivity index (χ2v) is 5.16. The normalized spacial score (nSPS) is 21.8. The van der Waals surface area contributed by atoms with Crippen LogP contribution in [-0.4, -0.2) is 27.3 Å². The number of hydrogen-bond acceptors (Lipinski definition) is 3. The first kappa shape index (κ1) is 9.90. The van der Waals surface area contributed by atoms with E-state index >= 15 is 0 Å². The van der Waals surface area contributed by atoms with E-state index in [0.717, 1.165) is 5.69 Å². The number of nitrogens with zero attached hydrogens (tertiary/aromatic N) is 2. The molecule has 0 saturated carbocycles. The van der Waals surface area contributed by atoms with Crippen molar-refractivity contribution in [2.75, 3.05) is 16.8 Å². The molecule has 0 aliphatic carbocycles. The average Bonchev–Trinajstić information content (AvgIpc) is 2.75. The average molecular weight is 211 g/mol. The highest BCUT2D eigenvalue weighted by atomic mass is 32.2. The van der Waals surface area contributed by atoms with Crippen molar-refractivity contribution >= 4 is 17.4 Å². The number of thioether (sulfide) groups is 1. The van der Waals surface area contributed by atoms with Gasteiger partial charge in [0.15, 0.2) is 0 Å². The van der Waals surface area contributed by atoms with E-state index < -0.39 is 0 Å². The summed E-state index contributed by atoms with van der Waals surface area (Å²) in [5, 5.41) is 7.82. The molecular weight excluding hydrogens is 194 g/mol. The standard InChI is InChI=1S/C10H17N3S/c1-8(2)13-6-10(5-11-13)12-9-3-4-14-7-9/h5-6,8-9,12H,3-4,7H2,1-2H3. The number of anilines is 1. The maximum absolute atomic E-state index is 4.31. The van der Waals surface area contributed by atoms with Crippen molar-refractivity contribution in [1.82, 2.24) is 9.78 Å². The summed E-state index contributed by atoms with van der Waals surface area (Å²) in [5.41, 5.74) is 1.16. The van der Waals surface area contributed by atoms with E-state index in [-0.39, 0.29) is 0 Å². The van der Waals surface area contributed by atoms with Crippen LogP contribution in [0.3, 0.4) is 0 Å². The Bertz CT molecular complexity index is 289. The zero-order valence-corrected chi connectivity index (χ0v) is 9.55. The topological polar surface area (TPSA) is 29.9 Å². The highest BCUT2D eigenvalue weighted by molar-refractivity contribution is 7.99. The summed E-state index contributed by atoms with van der Waals surface area (Å²) in [6, 6.07) is 1.09. The molecular formula is C10H17N3S. The number of rotatable bonds is 3. The number of hydrogen-bond donors (Lipinski definition) is 1. The molecule has 78 valence electrons. The number of nitrogens with one attached hydrogen (secondary N) is 1. The van der Waals surface area contributed by atoms with Crippen LogP contribution in [0.5, 0.6) is 0 Å². The number of aromatic nitrogens is 2. The molecule has 1 aromatic rings. The summed E-state index contributed by atoms with van der Waals surface area (Å²) in [6.07, 6.45) is 5.29. The third-order valence-electron chi connectivity index (χ3n) is 2.43. The van der Waals surface area contributed by atoms with Crippen LogP contribution in [0.1, 0.15) is 26.3 Å². The maximum Gasteiger partial charge on any atom is 0.0729 e. The minimum atomic E-state index is 0.448. The molecule has 2 heterocycles. The lowest BCUT2D eigenvalue weighted by atomic mass is 10.2. The van der Waals surface area contributed by atoms with Gasteiger partial charge >= 0.3 is 0 Å². The molecule has 1 aliphatic heterocycles. The van der Waals surface area contributed by atoms with Crippen molar-refractivity contribution in [3.63, 3.8) is 0 Å². The molecule has 3 nitrogen and oxygen atoms in total. The van der Waals surface area contributed by atoms with E-state index in [4.69, 9.17) is 0 Å². The molecule has 0 spiro atoms. The van der Waals surface area contributed by atoms with Gasteiger partial charge in [-0.2, -0.15) is 16.9 Å². The first-order valence-corrected chi connectivity index (χ1v) is 6.29. The van der Waals surface area contributed by atoms with Crippen molar-refractivity contribution < 1.29 is 0 Å². The van der Waals surface area contributed by atoms with Crippen molar-refractivity contribution in [3.05, 3.63) is 12.4 Å². The summed E-state index contributed by atoms with van der Waals surface area (Å²) < 4.78 is 1.99. The SMILES string of the molecule is CC(C)n1cc(NC2CCSC2)cn1. The minimum Gasteiger partial charge on any atom is -0.379 e. The molecule has 14 heavy (non-hydrogen) atoms. The largest absolute Gasteiger partial charge is 0.379 e. The van der Waals surface area contributed by atoms with Crippen molar-refractivity contribution in [2.24, 2.45) is 0 Å². The van der Waals surface area contributed by atoms with Crippen molar-refractivity contribution in [3.8, 4) is 0 Å². The highest BCUT2D eigenvalue weighted by Gasteiger charge is 2.15.